The summed E-state index contributed by atoms with van der Waals surface area (Å²) in [5.74, 6) is 1.01. The van der Waals surface area contributed by atoms with Crippen LogP contribution in [0.2, 0.25) is 0 Å². The zero-order chi connectivity index (χ0) is 15.1. The van der Waals surface area contributed by atoms with Crippen LogP contribution in [0.15, 0.2) is 18.2 Å². The van der Waals surface area contributed by atoms with Gasteiger partial charge in [0.05, 0.1) is 0 Å². The maximum Gasteiger partial charge on any atom is 0.0108 e. The minimum atomic E-state index is 0.659. The van der Waals surface area contributed by atoms with Crippen LogP contribution in [0.5, 0.6) is 0 Å². The Hall–Kier alpha value is -0.820. The molecule has 1 unspecified atom stereocenters. The van der Waals surface area contributed by atoms with Gasteiger partial charge in [-0.2, -0.15) is 0 Å². The van der Waals surface area contributed by atoms with Crippen molar-refractivity contribution in [3.8, 4) is 0 Å². The van der Waals surface area contributed by atoms with E-state index in [4.69, 9.17) is 0 Å². The smallest absolute Gasteiger partial charge is 0.0108 e. The summed E-state index contributed by atoms with van der Waals surface area (Å²) in [7, 11) is 0. The fourth-order valence-corrected chi connectivity index (χ4v) is 3.83. The minimum Gasteiger partial charge on any atom is -0.314 e. The van der Waals surface area contributed by atoms with Crippen molar-refractivity contribution in [3.05, 3.63) is 34.9 Å². The van der Waals surface area contributed by atoms with Gasteiger partial charge in [0.25, 0.3) is 0 Å². The van der Waals surface area contributed by atoms with Crippen molar-refractivity contribution in [2.45, 2.75) is 78.2 Å². The maximum atomic E-state index is 3.78. The summed E-state index contributed by atoms with van der Waals surface area (Å²) in [5, 5.41) is 3.78. The molecule has 0 aromatic heterocycles. The normalized spacial score (nSPS) is 17.3. The topological polar surface area (TPSA) is 12.0 Å². The molecule has 1 saturated carbocycles. The predicted molar refractivity (Wildman–Crippen MR) is 92.9 cm³/mol. The molecule has 1 aromatic rings. The van der Waals surface area contributed by atoms with E-state index in [9.17, 15) is 0 Å². The van der Waals surface area contributed by atoms with Gasteiger partial charge in [0.15, 0.2) is 0 Å². The van der Waals surface area contributed by atoms with Crippen LogP contribution in [0, 0.1) is 19.8 Å². The van der Waals surface area contributed by atoms with Gasteiger partial charge in [0.1, 0.15) is 0 Å². The van der Waals surface area contributed by atoms with Gasteiger partial charge < -0.3 is 5.32 Å². The Morgan fingerprint density at radius 1 is 1.10 bits per heavy atom. The fraction of sp³-hybridized carbons (Fsp3) is 0.700. The summed E-state index contributed by atoms with van der Waals surface area (Å²) in [4.78, 5) is 0. The van der Waals surface area contributed by atoms with Crippen molar-refractivity contribution in [1.82, 2.24) is 5.32 Å². The van der Waals surface area contributed by atoms with Crippen molar-refractivity contribution in [2.75, 3.05) is 6.54 Å². The highest BCUT2D eigenvalue weighted by molar-refractivity contribution is 5.29. The molecule has 0 bridgehead atoms. The van der Waals surface area contributed by atoms with Crippen LogP contribution >= 0.6 is 0 Å². The van der Waals surface area contributed by atoms with E-state index in [0.29, 0.717) is 6.04 Å². The molecule has 0 aliphatic heterocycles. The van der Waals surface area contributed by atoms with Crippen molar-refractivity contribution < 1.29 is 0 Å². The Morgan fingerprint density at radius 3 is 2.38 bits per heavy atom. The SMILES string of the molecule is CCCNC(CCC1CCCC1)Cc1cc(C)cc(C)c1. The second-order valence-corrected chi connectivity index (χ2v) is 7.08. The van der Waals surface area contributed by atoms with E-state index in [1.807, 2.05) is 0 Å². The monoisotopic (exact) mass is 287 g/mol. The molecule has 0 amide bonds. The standard InChI is InChI=1S/C20H33N/c1-4-11-21-20(10-9-18-7-5-6-8-18)15-19-13-16(2)12-17(3)14-19/h12-14,18,20-21H,4-11,15H2,1-3H3. The van der Waals surface area contributed by atoms with Gasteiger partial charge in [-0.3, -0.25) is 0 Å². The third-order valence-electron chi connectivity index (χ3n) is 4.84. The van der Waals surface area contributed by atoms with E-state index in [-0.39, 0.29) is 0 Å². The molecule has 0 radical (unpaired) electrons. The third-order valence-corrected chi connectivity index (χ3v) is 4.84. The Balaban J connectivity index is 1.90. The summed E-state index contributed by atoms with van der Waals surface area (Å²) < 4.78 is 0. The van der Waals surface area contributed by atoms with E-state index in [1.54, 1.807) is 0 Å². The van der Waals surface area contributed by atoms with Gasteiger partial charge in [0, 0.05) is 6.04 Å². The molecule has 118 valence electrons. The molecule has 1 nitrogen and oxygen atoms in total. The predicted octanol–water partition coefficient (Wildman–Crippen LogP) is 5.18. The second-order valence-electron chi connectivity index (χ2n) is 7.08. The highest BCUT2D eigenvalue weighted by atomic mass is 14.9. The van der Waals surface area contributed by atoms with Gasteiger partial charge in [-0.1, -0.05) is 61.9 Å². The number of aryl methyl sites for hydroxylation is 2. The average molecular weight is 287 g/mol. The van der Waals surface area contributed by atoms with Gasteiger partial charge in [-0.05, 0) is 57.6 Å². The Labute approximate surface area is 131 Å². The minimum absolute atomic E-state index is 0.659. The van der Waals surface area contributed by atoms with Gasteiger partial charge in [-0.25, -0.2) is 0 Å². The number of nitrogens with one attached hydrogen (secondary N) is 1. The molecular weight excluding hydrogens is 254 g/mol. The lowest BCUT2D eigenvalue weighted by atomic mass is 9.94. The van der Waals surface area contributed by atoms with Gasteiger partial charge in [-0.15, -0.1) is 0 Å². The Kier molecular flexibility index (Phi) is 6.76. The first-order valence-corrected chi connectivity index (χ1v) is 8.98. The number of benzene rings is 1. The lowest BCUT2D eigenvalue weighted by molar-refractivity contribution is 0.402. The van der Waals surface area contributed by atoms with Crippen molar-refractivity contribution >= 4 is 0 Å². The number of hydrogen-bond donors (Lipinski definition) is 1. The Morgan fingerprint density at radius 2 is 1.76 bits per heavy atom. The molecule has 1 atom stereocenters. The molecular formula is C20H33N. The van der Waals surface area contributed by atoms with Crippen LogP contribution in [0.3, 0.4) is 0 Å². The molecule has 2 rings (SSSR count). The highest BCUT2D eigenvalue weighted by Crippen LogP contribution is 2.29. The fourth-order valence-electron chi connectivity index (χ4n) is 3.83. The van der Waals surface area contributed by atoms with Gasteiger partial charge >= 0.3 is 0 Å². The van der Waals surface area contributed by atoms with Crippen LogP contribution in [0.25, 0.3) is 0 Å². The largest absolute Gasteiger partial charge is 0.314 e. The van der Waals surface area contributed by atoms with E-state index in [0.717, 1.165) is 12.5 Å². The summed E-state index contributed by atoms with van der Waals surface area (Å²) >= 11 is 0. The molecule has 21 heavy (non-hydrogen) atoms. The molecule has 1 aromatic carbocycles. The van der Waals surface area contributed by atoms with Crippen molar-refractivity contribution in [3.63, 3.8) is 0 Å². The van der Waals surface area contributed by atoms with Crippen molar-refractivity contribution in [2.24, 2.45) is 5.92 Å². The molecule has 1 heteroatoms. The first-order chi connectivity index (χ1) is 10.2. The number of hydrogen-bond acceptors (Lipinski definition) is 1. The average Bonchev–Trinajstić information content (AvgIpc) is 2.94. The molecule has 1 N–H and O–H groups in total. The first kappa shape index (κ1) is 16.5. The molecule has 1 fully saturated rings. The quantitative estimate of drug-likeness (QED) is 0.694. The summed E-state index contributed by atoms with van der Waals surface area (Å²) in [6.07, 6.45) is 11.1. The van der Waals surface area contributed by atoms with Crippen LogP contribution < -0.4 is 5.32 Å². The highest BCUT2D eigenvalue weighted by Gasteiger charge is 2.17. The lowest BCUT2D eigenvalue weighted by Gasteiger charge is -2.21. The third kappa shape index (κ3) is 5.82. The molecule has 0 spiro atoms. The molecule has 0 heterocycles. The number of rotatable bonds is 8. The molecule has 1 aliphatic rings. The zero-order valence-corrected chi connectivity index (χ0v) is 14.3. The second kappa shape index (κ2) is 8.58. The lowest BCUT2D eigenvalue weighted by Crippen LogP contribution is -2.32. The first-order valence-electron chi connectivity index (χ1n) is 8.98. The molecule has 1 aliphatic carbocycles. The summed E-state index contributed by atoms with van der Waals surface area (Å²) in [6.45, 7) is 7.84. The molecule has 0 saturated heterocycles. The van der Waals surface area contributed by atoms with E-state index in [1.165, 1.54) is 68.1 Å². The van der Waals surface area contributed by atoms with Crippen molar-refractivity contribution in [1.29, 1.82) is 0 Å². The van der Waals surface area contributed by atoms with Crippen LogP contribution in [0.1, 0.15) is 68.6 Å². The van der Waals surface area contributed by atoms with Crippen LogP contribution in [-0.2, 0) is 6.42 Å². The summed E-state index contributed by atoms with van der Waals surface area (Å²) in [5.41, 5.74) is 4.30. The van der Waals surface area contributed by atoms with E-state index in [2.05, 4.69) is 44.3 Å². The summed E-state index contributed by atoms with van der Waals surface area (Å²) in [6, 6.07) is 7.66. The Bertz CT molecular complexity index is 398. The van der Waals surface area contributed by atoms with Crippen LogP contribution in [-0.4, -0.2) is 12.6 Å². The van der Waals surface area contributed by atoms with E-state index < -0.39 is 0 Å². The van der Waals surface area contributed by atoms with Crippen LogP contribution in [0.4, 0.5) is 0 Å². The van der Waals surface area contributed by atoms with Gasteiger partial charge in [0.2, 0.25) is 0 Å². The maximum absolute atomic E-state index is 3.78. The van der Waals surface area contributed by atoms with E-state index >= 15 is 0 Å². The zero-order valence-electron chi connectivity index (χ0n) is 14.3.